The number of pyridine rings is 1. The first-order valence-corrected chi connectivity index (χ1v) is 10.9. The van der Waals surface area contributed by atoms with Gasteiger partial charge in [-0.25, -0.2) is 4.98 Å². The molecule has 0 amide bonds. The van der Waals surface area contributed by atoms with Crippen molar-refractivity contribution in [2.75, 3.05) is 25.7 Å². The van der Waals surface area contributed by atoms with Crippen LogP contribution in [0.2, 0.25) is 0 Å². The molecule has 6 nitrogen and oxygen atoms in total. The lowest BCUT2D eigenvalue weighted by Gasteiger charge is -2.26. The summed E-state index contributed by atoms with van der Waals surface area (Å²) < 4.78 is 11.0. The Balaban J connectivity index is 1.53. The summed E-state index contributed by atoms with van der Waals surface area (Å²) in [7, 11) is 3.34. The van der Waals surface area contributed by atoms with Crippen LogP contribution in [-0.4, -0.2) is 35.7 Å². The summed E-state index contributed by atoms with van der Waals surface area (Å²) in [6.45, 7) is 0.927. The average molecular weight is 437 g/mol. The molecule has 33 heavy (non-hydrogen) atoms. The number of hydrogen-bond donors (Lipinski definition) is 0. The van der Waals surface area contributed by atoms with Crippen LogP contribution in [0.15, 0.2) is 67.1 Å². The molecule has 164 valence electrons. The number of fused-ring (bicyclic) bond motifs is 1. The Kier molecular flexibility index (Phi) is 5.77. The minimum Gasteiger partial charge on any atom is -0.497 e. The van der Waals surface area contributed by atoms with Gasteiger partial charge in [0.2, 0.25) is 0 Å². The highest BCUT2D eigenvalue weighted by Crippen LogP contribution is 2.38. The normalized spacial score (nSPS) is 12.7. The topological polar surface area (TPSA) is 60.4 Å². The highest BCUT2D eigenvalue weighted by molar-refractivity contribution is 5.81. The number of nitrogens with zero attached hydrogens (tertiary/aromatic N) is 4. The number of benzene rings is 2. The Morgan fingerprint density at radius 1 is 0.879 bits per heavy atom. The molecule has 0 N–H and O–H groups in total. The largest absolute Gasteiger partial charge is 0.497 e. The molecule has 1 aliphatic carbocycles. The smallest absolute Gasteiger partial charge is 0.132 e. The van der Waals surface area contributed by atoms with Crippen LogP contribution in [-0.2, 0) is 0 Å². The zero-order valence-electron chi connectivity index (χ0n) is 18.7. The SMILES string of the molecule is COc1cc(OC)cc(N(CC2CC2)c2ccc3ncc(C#Cc4ccncc4)nc3c2)c1. The Hall–Kier alpha value is -4.11. The van der Waals surface area contributed by atoms with E-state index in [9.17, 15) is 0 Å². The molecule has 2 aromatic heterocycles. The fourth-order valence-electron chi connectivity index (χ4n) is 3.67. The fourth-order valence-corrected chi connectivity index (χ4v) is 3.67. The molecule has 1 aliphatic rings. The Labute approximate surface area is 193 Å². The van der Waals surface area contributed by atoms with Crippen LogP contribution in [0.25, 0.3) is 11.0 Å². The van der Waals surface area contributed by atoms with Crippen LogP contribution >= 0.6 is 0 Å². The molecule has 6 heteroatoms. The number of methoxy groups -OCH3 is 2. The molecular weight excluding hydrogens is 412 g/mol. The first-order chi connectivity index (χ1) is 16.2. The van der Waals surface area contributed by atoms with Crippen molar-refractivity contribution in [1.82, 2.24) is 15.0 Å². The quantitative estimate of drug-likeness (QED) is 0.397. The molecule has 2 aromatic carbocycles. The van der Waals surface area contributed by atoms with E-state index in [4.69, 9.17) is 14.5 Å². The summed E-state index contributed by atoms with van der Waals surface area (Å²) in [5, 5.41) is 0. The molecule has 0 atom stereocenters. The second kappa shape index (κ2) is 9.17. The van der Waals surface area contributed by atoms with E-state index < -0.39 is 0 Å². The summed E-state index contributed by atoms with van der Waals surface area (Å²) in [5.41, 5.74) is 5.25. The molecule has 0 radical (unpaired) electrons. The van der Waals surface area contributed by atoms with Gasteiger partial charge in [0.1, 0.15) is 17.2 Å². The van der Waals surface area contributed by atoms with Gasteiger partial charge in [0.15, 0.2) is 0 Å². The van der Waals surface area contributed by atoms with Crippen molar-refractivity contribution in [2.45, 2.75) is 12.8 Å². The van der Waals surface area contributed by atoms with Gasteiger partial charge >= 0.3 is 0 Å². The molecule has 0 spiro atoms. The molecule has 0 saturated heterocycles. The molecule has 4 aromatic rings. The van der Waals surface area contributed by atoms with Crippen molar-refractivity contribution in [3.05, 3.63) is 78.4 Å². The zero-order valence-corrected chi connectivity index (χ0v) is 18.7. The monoisotopic (exact) mass is 436 g/mol. The van der Waals surface area contributed by atoms with Crippen LogP contribution in [0.1, 0.15) is 24.1 Å². The van der Waals surface area contributed by atoms with Crippen LogP contribution < -0.4 is 14.4 Å². The molecule has 1 saturated carbocycles. The maximum atomic E-state index is 5.51. The van der Waals surface area contributed by atoms with Crippen molar-refractivity contribution in [3.63, 3.8) is 0 Å². The third kappa shape index (κ3) is 4.88. The summed E-state index contributed by atoms with van der Waals surface area (Å²) >= 11 is 0. The van der Waals surface area contributed by atoms with E-state index in [2.05, 4.69) is 38.8 Å². The number of aromatic nitrogens is 3. The van der Waals surface area contributed by atoms with E-state index in [-0.39, 0.29) is 0 Å². The number of rotatable bonds is 6. The first kappa shape index (κ1) is 20.8. The molecular formula is C27H24N4O2. The first-order valence-electron chi connectivity index (χ1n) is 10.9. The van der Waals surface area contributed by atoms with Gasteiger partial charge in [-0.1, -0.05) is 5.92 Å². The Morgan fingerprint density at radius 3 is 2.33 bits per heavy atom. The van der Waals surface area contributed by atoms with Gasteiger partial charge in [-0.3, -0.25) is 9.97 Å². The van der Waals surface area contributed by atoms with Crippen molar-refractivity contribution in [1.29, 1.82) is 0 Å². The van der Waals surface area contributed by atoms with Gasteiger partial charge in [-0.15, -0.1) is 0 Å². The van der Waals surface area contributed by atoms with E-state index in [1.165, 1.54) is 12.8 Å². The van der Waals surface area contributed by atoms with Crippen molar-refractivity contribution in [3.8, 4) is 23.3 Å². The van der Waals surface area contributed by atoms with Crippen LogP contribution in [0.4, 0.5) is 11.4 Å². The summed E-state index contributed by atoms with van der Waals surface area (Å²) in [4.78, 5) is 15.6. The Bertz CT molecular complexity index is 1320. The van der Waals surface area contributed by atoms with Crippen molar-refractivity contribution in [2.24, 2.45) is 5.92 Å². The van der Waals surface area contributed by atoms with Gasteiger partial charge in [-0.2, -0.15) is 0 Å². The number of anilines is 2. The molecule has 0 aliphatic heterocycles. The predicted molar refractivity (Wildman–Crippen MR) is 129 cm³/mol. The fraction of sp³-hybridized carbons (Fsp3) is 0.222. The third-order valence-corrected chi connectivity index (χ3v) is 5.64. The van der Waals surface area contributed by atoms with Gasteiger partial charge in [-0.05, 0) is 55.0 Å². The third-order valence-electron chi connectivity index (χ3n) is 5.64. The Morgan fingerprint density at radius 2 is 1.64 bits per heavy atom. The molecule has 2 heterocycles. The molecule has 1 fully saturated rings. The maximum absolute atomic E-state index is 5.51. The van der Waals surface area contributed by atoms with Gasteiger partial charge < -0.3 is 14.4 Å². The van der Waals surface area contributed by atoms with Gasteiger partial charge in [0.05, 0.1) is 31.4 Å². The number of ether oxygens (including phenoxy) is 2. The minimum absolute atomic E-state index is 0.633. The second-order valence-electron chi connectivity index (χ2n) is 8.04. The van der Waals surface area contributed by atoms with E-state index in [1.54, 1.807) is 32.8 Å². The summed E-state index contributed by atoms with van der Waals surface area (Å²) in [5.74, 6) is 8.43. The molecule has 0 unspecified atom stereocenters. The van der Waals surface area contributed by atoms with E-state index in [1.807, 2.05) is 36.4 Å². The summed E-state index contributed by atoms with van der Waals surface area (Å²) in [6.07, 6.45) is 7.67. The van der Waals surface area contributed by atoms with Crippen molar-refractivity contribution >= 4 is 22.4 Å². The number of hydrogen-bond acceptors (Lipinski definition) is 6. The minimum atomic E-state index is 0.633. The van der Waals surface area contributed by atoms with E-state index >= 15 is 0 Å². The maximum Gasteiger partial charge on any atom is 0.132 e. The average Bonchev–Trinajstić information content (AvgIpc) is 3.70. The standard InChI is InChI=1S/C27H24N4O2/c1-32-24-13-23(14-25(16-24)33-2)31(18-20-3-4-20)22-7-8-26-27(15-22)30-21(17-29-26)6-5-19-9-11-28-12-10-19/h7-17,20H,3-4,18H2,1-2H3. The molecule has 5 rings (SSSR count). The highest BCUT2D eigenvalue weighted by Gasteiger charge is 2.26. The van der Waals surface area contributed by atoms with Gasteiger partial charge in [0, 0.05) is 54.1 Å². The predicted octanol–water partition coefficient (Wildman–Crippen LogP) is 4.99. The molecule has 0 bridgehead atoms. The lowest BCUT2D eigenvalue weighted by molar-refractivity contribution is 0.394. The van der Waals surface area contributed by atoms with Crippen LogP contribution in [0.5, 0.6) is 11.5 Å². The second-order valence-corrected chi connectivity index (χ2v) is 8.04. The van der Waals surface area contributed by atoms with E-state index in [0.717, 1.165) is 46.0 Å². The lowest BCUT2D eigenvalue weighted by atomic mass is 10.2. The van der Waals surface area contributed by atoms with Gasteiger partial charge in [0.25, 0.3) is 0 Å². The zero-order chi connectivity index (χ0) is 22.6. The highest BCUT2D eigenvalue weighted by atomic mass is 16.5. The van der Waals surface area contributed by atoms with Crippen LogP contribution in [0, 0.1) is 17.8 Å². The van der Waals surface area contributed by atoms with Crippen molar-refractivity contribution < 1.29 is 9.47 Å². The van der Waals surface area contributed by atoms with E-state index in [0.29, 0.717) is 11.6 Å². The lowest BCUT2D eigenvalue weighted by Crippen LogP contribution is -2.20. The summed E-state index contributed by atoms with van der Waals surface area (Å²) in [6, 6.07) is 15.9. The van der Waals surface area contributed by atoms with Crippen LogP contribution in [0.3, 0.4) is 0 Å².